The van der Waals surface area contributed by atoms with Crippen LogP contribution < -0.4 is 0 Å². The zero-order chi connectivity index (χ0) is 36.2. The number of rotatable bonds is 32. The number of likely N-dealkylation sites (N-methyl/N-ethyl adjacent to an activating group) is 1. The van der Waals surface area contributed by atoms with E-state index in [2.05, 4.69) is 6.92 Å². The van der Waals surface area contributed by atoms with Gasteiger partial charge in [0.2, 0.25) is 0 Å². The van der Waals surface area contributed by atoms with E-state index >= 15 is 0 Å². The summed E-state index contributed by atoms with van der Waals surface area (Å²) in [6.07, 6.45) is 24.2. The maximum absolute atomic E-state index is 12.6. The Balaban J connectivity index is 2.33. The van der Waals surface area contributed by atoms with Crippen LogP contribution in [0.4, 0.5) is 0 Å². The highest BCUT2D eigenvalue weighted by atomic mass is 31.2. The molecule has 11 nitrogen and oxygen atoms in total. The number of hydrogen-bond donors (Lipinski definition) is 2. The molecule has 0 spiro atoms. The fraction of sp³-hybridized carbons (Fsp3) is 0.892. The van der Waals surface area contributed by atoms with Crippen molar-refractivity contribution in [3.05, 3.63) is 12.2 Å². The van der Waals surface area contributed by atoms with Crippen molar-refractivity contribution in [2.24, 2.45) is 0 Å². The predicted molar refractivity (Wildman–Crippen MR) is 193 cm³/mol. The van der Waals surface area contributed by atoms with Crippen LogP contribution in [-0.2, 0) is 37.4 Å². The summed E-state index contributed by atoms with van der Waals surface area (Å²) in [6, 6.07) is 0. The molecule has 49 heavy (non-hydrogen) atoms. The van der Waals surface area contributed by atoms with E-state index in [4.69, 9.17) is 23.3 Å². The first kappa shape index (κ1) is 45.7. The number of phosphoric ester groups is 1. The molecule has 4 atom stereocenters. The average Bonchev–Trinajstić information content (AvgIpc) is 3.03. The maximum Gasteiger partial charge on any atom is 0.472 e. The molecule has 12 heteroatoms. The largest absolute Gasteiger partial charge is 0.472 e. The van der Waals surface area contributed by atoms with E-state index in [1.54, 1.807) is 6.08 Å². The van der Waals surface area contributed by atoms with Gasteiger partial charge in [-0.2, -0.15) is 0 Å². The third kappa shape index (κ3) is 29.0. The molecule has 0 saturated heterocycles. The van der Waals surface area contributed by atoms with Gasteiger partial charge in [-0.05, 0) is 31.8 Å². The molecular weight excluding hydrogens is 649 g/mol. The van der Waals surface area contributed by atoms with E-state index in [1.807, 2.05) is 27.2 Å². The minimum absolute atomic E-state index is 0.0164. The van der Waals surface area contributed by atoms with Gasteiger partial charge < -0.3 is 28.7 Å². The second-order valence-corrected chi connectivity index (χ2v) is 16.0. The molecule has 0 aromatic carbocycles. The molecule has 0 saturated carbocycles. The van der Waals surface area contributed by atoms with Crippen LogP contribution in [0.25, 0.3) is 0 Å². The molecule has 1 aliphatic rings. The highest BCUT2D eigenvalue weighted by Crippen LogP contribution is 2.43. The van der Waals surface area contributed by atoms with Gasteiger partial charge in [0.25, 0.3) is 0 Å². The Morgan fingerprint density at radius 2 is 1.33 bits per heavy atom. The summed E-state index contributed by atoms with van der Waals surface area (Å²) in [4.78, 5) is 35.2. The Bertz CT molecular complexity index is 925. The number of unbranched alkanes of at least 4 members (excludes halogenated alkanes) is 16. The lowest BCUT2D eigenvalue weighted by atomic mass is 10.0. The van der Waals surface area contributed by atoms with Crippen molar-refractivity contribution in [1.82, 2.24) is 0 Å². The third-order valence-electron chi connectivity index (χ3n) is 8.59. The monoisotopic (exact) mass is 720 g/mol. The van der Waals surface area contributed by atoms with Crippen molar-refractivity contribution in [3.8, 4) is 0 Å². The second kappa shape index (κ2) is 28.3. The minimum atomic E-state index is -4.39. The topological polar surface area (TPSA) is 138 Å². The van der Waals surface area contributed by atoms with Crippen LogP contribution >= 0.6 is 7.82 Å². The number of ether oxygens (including phenoxy) is 3. The van der Waals surface area contributed by atoms with Crippen molar-refractivity contribution in [1.29, 1.82) is 0 Å². The molecule has 0 radical (unpaired) electrons. The van der Waals surface area contributed by atoms with E-state index in [1.165, 1.54) is 64.2 Å². The molecule has 1 rings (SSSR count). The van der Waals surface area contributed by atoms with Gasteiger partial charge in [-0.25, -0.2) is 4.57 Å². The van der Waals surface area contributed by atoms with Gasteiger partial charge in [0.1, 0.15) is 19.8 Å². The van der Waals surface area contributed by atoms with E-state index in [0.29, 0.717) is 17.4 Å². The number of quaternary nitrogens is 1. The van der Waals surface area contributed by atoms with Crippen LogP contribution in [0, 0.1) is 0 Å². The smallest absolute Gasteiger partial charge is 0.462 e. The van der Waals surface area contributed by atoms with Crippen LogP contribution in [0.2, 0.25) is 0 Å². The number of nitrogens with zero attached hydrogens (tertiary/aromatic N) is 1. The van der Waals surface area contributed by atoms with Gasteiger partial charge in [0.15, 0.2) is 12.4 Å². The molecule has 0 bridgehead atoms. The van der Waals surface area contributed by atoms with Gasteiger partial charge in [-0.15, -0.1) is 0 Å². The lowest BCUT2D eigenvalue weighted by Crippen LogP contribution is -2.37. The molecule has 2 N–H and O–H groups in total. The standard InChI is InChI=1S/C37H70NO10P/c1-5-6-7-8-9-10-11-12-13-14-15-18-21-26-35(39)44-31-34(32-46-49(42,43)45-30-29-38(2,3)4)48-36(40)27-22-19-16-17-20-24-33-25-23-28-37(41)47-33/h23,28,33-34,37,41H,5-22,24-27,29-32H2,1-4H3/p+1. The van der Waals surface area contributed by atoms with Gasteiger partial charge in [0.05, 0.1) is 33.9 Å². The molecule has 0 aliphatic carbocycles. The highest BCUT2D eigenvalue weighted by Gasteiger charge is 2.27. The Morgan fingerprint density at radius 1 is 0.796 bits per heavy atom. The molecule has 0 fully saturated rings. The van der Waals surface area contributed by atoms with Gasteiger partial charge >= 0.3 is 19.8 Å². The van der Waals surface area contributed by atoms with Crippen LogP contribution in [0.15, 0.2) is 12.2 Å². The SMILES string of the molecule is CCCCCCCCCCCCCCCC(=O)OCC(COP(=O)(O)OCC[N+](C)(C)C)OC(=O)CCCCCCCC1CC=CC(O)O1. The van der Waals surface area contributed by atoms with Gasteiger partial charge in [-0.3, -0.25) is 18.6 Å². The summed E-state index contributed by atoms with van der Waals surface area (Å²) in [5, 5.41) is 9.55. The first-order valence-electron chi connectivity index (χ1n) is 19.2. The zero-order valence-electron chi connectivity index (χ0n) is 31.3. The zero-order valence-corrected chi connectivity index (χ0v) is 32.2. The highest BCUT2D eigenvalue weighted by molar-refractivity contribution is 7.47. The van der Waals surface area contributed by atoms with E-state index in [9.17, 15) is 24.2 Å². The number of aliphatic hydroxyl groups is 1. The van der Waals surface area contributed by atoms with Gasteiger partial charge in [0, 0.05) is 12.8 Å². The normalized spacial score (nSPS) is 18.2. The molecule has 4 unspecified atom stereocenters. The number of phosphoric acid groups is 1. The Kier molecular flexibility index (Phi) is 26.4. The van der Waals surface area contributed by atoms with Crippen LogP contribution in [0.3, 0.4) is 0 Å². The molecular formula is C37H71NO10P+. The number of esters is 2. The lowest BCUT2D eigenvalue weighted by molar-refractivity contribution is -0.870. The fourth-order valence-corrected chi connectivity index (χ4v) is 6.29. The number of hydrogen-bond acceptors (Lipinski definition) is 9. The predicted octanol–water partition coefficient (Wildman–Crippen LogP) is 8.16. The van der Waals surface area contributed by atoms with Gasteiger partial charge in [-0.1, -0.05) is 116 Å². The number of carbonyl (C=O) groups is 2. The van der Waals surface area contributed by atoms with E-state index in [-0.39, 0.29) is 38.1 Å². The molecule has 0 amide bonds. The summed E-state index contributed by atoms with van der Waals surface area (Å²) >= 11 is 0. The summed E-state index contributed by atoms with van der Waals surface area (Å²) in [6.45, 7) is 2.08. The number of carbonyl (C=O) groups excluding carboxylic acids is 2. The maximum atomic E-state index is 12.6. The first-order chi connectivity index (χ1) is 23.4. The average molecular weight is 721 g/mol. The van der Waals surface area contributed by atoms with Crippen molar-refractivity contribution >= 4 is 19.8 Å². The van der Waals surface area contributed by atoms with Crippen LogP contribution in [0.1, 0.15) is 148 Å². The molecule has 0 aromatic rings. The Morgan fingerprint density at radius 3 is 1.88 bits per heavy atom. The van der Waals surface area contributed by atoms with Crippen molar-refractivity contribution in [2.45, 2.75) is 167 Å². The lowest BCUT2D eigenvalue weighted by Gasteiger charge is -2.24. The third-order valence-corrected chi connectivity index (χ3v) is 9.58. The molecule has 1 aliphatic heterocycles. The number of aliphatic hydroxyl groups excluding tert-OH is 1. The first-order valence-corrected chi connectivity index (χ1v) is 20.7. The second-order valence-electron chi connectivity index (χ2n) is 14.5. The molecule has 0 aromatic heterocycles. The van der Waals surface area contributed by atoms with Crippen molar-refractivity contribution < 1.29 is 51.9 Å². The fourth-order valence-electron chi connectivity index (χ4n) is 5.55. The molecule has 288 valence electrons. The Hall–Kier alpha value is -1.33. The summed E-state index contributed by atoms with van der Waals surface area (Å²) < 4.78 is 39.6. The van der Waals surface area contributed by atoms with Crippen LogP contribution in [-0.4, -0.2) is 92.4 Å². The quantitative estimate of drug-likeness (QED) is 0.0230. The van der Waals surface area contributed by atoms with E-state index < -0.39 is 32.8 Å². The van der Waals surface area contributed by atoms with Crippen molar-refractivity contribution in [3.63, 3.8) is 0 Å². The summed E-state index contributed by atoms with van der Waals surface area (Å²) in [5.74, 6) is -0.865. The van der Waals surface area contributed by atoms with Crippen molar-refractivity contribution in [2.75, 3.05) is 47.5 Å². The molecule has 1 heterocycles. The minimum Gasteiger partial charge on any atom is -0.462 e. The van der Waals surface area contributed by atoms with Crippen LogP contribution in [0.5, 0.6) is 0 Å². The summed E-state index contributed by atoms with van der Waals surface area (Å²) in [7, 11) is 1.42. The summed E-state index contributed by atoms with van der Waals surface area (Å²) in [5.41, 5.74) is 0. The Labute approximate surface area is 297 Å². The van der Waals surface area contributed by atoms with E-state index in [0.717, 1.165) is 57.8 Å².